The van der Waals surface area contributed by atoms with E-state index in [2.05, 4.69) is 9.98 Å². The minimum absolute atomic E-state index is 0.0755. The highest BCUT2D eigenvalue weighted by Gasteiger charge is 2.15. The molecule has 1 aliphatic heterocycles. The lowest BCUT2D eigenvalue weighted by Crippen LogP contribution is -2.21. The van der Waals surface area contributed by atoms with Crippen LogP contribution in [0.4, 0.5) is 0 Å². The maximum absolute atomic E-state index is 11.7. The molecule has 4 heteroatoms. The maximum Gasteiger partial charge on any atom is 0.252 e. The number of nitrogens with zero attached hydrogens (tertiary/aromatic N) is 1. The van der Waals surface area contributed by atoms with E-state index in [1.807, 2.05) is 25.3 Å². The molecule has 0 saturated carbocycles. The van der Waals surface area contributed by atoms with E-state index >= 15 is 0 Å². The van der Waals surface area contributed by atoms with E-state index in [-0.39, 0.29) is 18.0 Å². The SMILES string of the molecule is Cc1cc(C2C=CN=CC2)c(CN)c(=O)[nH]1. The number of hydrogen-bond donors (Lipinski definition) is 2. The Kier molecular flexibility index (Phi) is 3.01. The molecular weight excluding hydrogens is 202 g/mol. The summed E-state index contributed by atoms with van der Waals surface area (Å²) in [6.07, 6.45) is 6.46. The van der Waals surface area contributed by atoms with Crippen LogP contribution >= 0.6 is 0 Å². The van der Waals surface area contributed by atoms with Gasteiger partial charge in [-0.1, -0.05) is 6.08 Å². The normalized spacial score (nSPS) is 19.0. The van der Waals surface area contributed by atoms with Gasteiger partial charge in [-0.2, -0.15) is 0 Å². The lowest BCUT2D eigenvalue weighted by Gasteiger charge is -2.16. The van der Waals surface area contributed by atoms with Gasteiger partial charge in [-0.05, 0) is 25.0 Å². The molecule has 2 rings (SSSR count). The third kappa shape index (κ3) is 1.97. The van der Waals surface area contributed by atoms with Crippen molar-refractivity contribution in [2.75, 3.05) is 0 Å². The predicted molar refractivity (Wildman–Crippen MR) is 64.7 cm³/mol. The van der Waals surface area contributed by atoms with Crippen molar-refractivity contribution in [1.82, 2.24) is 4.98 Å². The fourth-order valence-electron chi connectivity index (χ4n) is 1.98. The van der Waals surface area contributed by atoms with Gasteiger partial charge in [0, 0.05) is 36.1 Å². The molecule has 1 unspecified atom stereocenters. The number of aromatic amines is 1. The zero-order valence-corrected chi connectivity index (χ0v) is 9.23. The van der Waals surface area contributed by atoms with E-state index in [0.717, 1.165) is 17.7 Å². The number of nitrogens with two attached hydrogens (primary N) is 1. The third-order valence-corrected chi connectivity index (χ3v) is 2.78. The second kappa shape index (κ2) is 4.45. The molecule has 3 N–H and O–H groups in total. The Morgan fingerprint density at radius 1 is 1.62 bits per heavy atom. The number of nitrogens with one attached hydrogen (secondary N) is 1. The monoisotopic (exact) mass is 217 g/mol. The van der Waals surface area contributed by atoms with Crippen LogP contribution in [-0.4, -0.2) is 11.2 Å². The minimum Gasteiger partial charge on any atom is -0.326 e. The summed E-state index contributed by atoms with van der Waals surface area (Å²) in [6.45, 7) is 2.15. The molecule has 84 valence electrons. The van der Waals surface area contributed by atoms with Crippen molar-refractivity contribution in [2.45, 2.75) is 25.8 Å². The first-order valence-electron chi connectivity index (χ1n) is 5.33. The van der Waals surface area contributed by atoms with Gasteiger partial charge >= 0.3 is 0 Å². The summed E-state index contributed by atoms with van der Waals surface area (Å²) >= 11 is 0. The Morgan fingerprint density at radius 3 is 3.06 bits per heavy atom. The topological polar surface area (TPSA) is 71.2 Å². The summed E-state index contributed by atoms with van der Waals surface area (Å²) in [5.74, 6) is 0.219. The lowest BCUT2D eigenvalue weighted by molar-refractivity contribution is 0.838. The first-order valence-corrected chi connectivity index (χ1v) is 5.33. The molecule has 0 spiro atoms. The van der Waals surface area contributed by atoms with Crippen LogP contribution in [0.2, 0.25) is 0 Å². The number of pyridine rings is 1. The van der Waals surface area contributed by atoms with Crippen molar-refractivity contribution in [1.29, 1.82) is 0 Å². The van der Waals surface area contributed by atoms with Crippen molar-refractivity contribution in [2.24, 2.45) is 10.7 Å². The number of aliphatic imine (C=N–C) groups is 1. The van der Waals surface area contributed by atoms with Gasteiger partial charge in [-0.15, -0.1) is 0 Å². The number of H-pyrrole nitrogens is 1. The van der Waals surface area contributed by atoms with Crippen LogP contribution in [0.3, 0.4) is 0 Å². The summed E-state index contributed by atoms with van der Waals surface area (Å²) in [7, 11) is 0. The Balaban J connectivity index is 2.50. The zero-order chi connectivity index (χ0) is 11.5. The van der Waals surface area contributed by atoms with Gasteiger partial charge in [0.05, 0.1) is 0 Å². The summed E-state index contributed by atoms with van der Waals surface area (Å²) in [5, 5.41) is 0. The number of hydrogen-bond acceptors (Lipinski definition) is 3. The Labute approximate surface area is 93.9 Å². The van der Waals surface area contributed by atoms with E-state index in [1.165, 1.54) is 0 Å². The summed E-state index contributed by atoms with van der Waals surface area (Å²) in [6, 6.07) is 2.00. The molecule has 0 aromatic carbocycles. The van der Waals surface area contributed by atoms with Crippen molar-refractivity contribution in [3.8, 4) is 0 Å². The van der Waals surface area contributed by atoms with E-state index < -0.39 is 0 Å². The van der Waals surface area contributed by atoms with Crippen LogP contribution in [0, 0.1) is 6.92 Å². The fourth-order valence-corrected chi connectivity index (χ4v) is 1.98. The second-order valence-electron chi connectivity index (χ2n) is 3.93. The van der Waals surface area contributed by atoms with Crippen LogP contribution in [-0.2, 0) is 6.54 Å². The van der Waals surface area contributed by atoms with Gasteiger partial charge in [0.25, 0.3) is 5.56 Å². The molecule has 4 nitrogen and oxygen atoms in total. The van der Waals surface area contributed by atoms with Gasteiger partial charge < -0.3 is 10.7 Å². The molecular formula is C12H15N3O. The molecule has 16 heavy (non-hydrogen) atoms. The molecule has 0 amide bonds. The third-order valence-electron chi connectivity index (χ3n) is 2.78. The Hall–Kier alpha value is -1.68. The molecule has 0 radical (unpaired) electrons. The predicted octanol–water partition coefficient (Wildman–Crippen LogP) is 1.21. The second-order valence-corrected chi connectivity index (χ2v) is 3.93. The molecule has 0 saturated heterocycles. The smallest absolute Gasteiger partial charge is 0.252 e. The average molecular weight is 217 g/mol. The molecule has 0 aliphatic carbocycles. The van der Waals surface area contributed by atoms with Crippen LogP contribution in [0.5, 0.6) is 0 Å². The lowest BCUT2D eigenvalue weighted by atomic mass is 9.91. The van der Waals surface area contributed by atoms with Crippen molar-refractivity contribution >= 4 is 6.21 Å². The van der Waals surface area contributed by atoms with Crippen molar-refractivity contribution in [3.05, 3.63) is 45.5 Å². The number of aromatic nitrogens is 1. The summed E-state index contributed by atoms with van der Waals surface area (Å²) in [5.41, 5.74) is 8.12. The molecule has 0 fully saturated rings. The molecule has 0 bridgehead atoms. The number of rotatable bonds is 2. The maximum atomic E-state index is 11.7. The molecule has 2 heterocycles. The summed E-state index contributed by atoms with van der Waals surface area (Å²) in [4.78, 5) is 18.5. The van der Waals surface area contributed by atoms with E-state index in [4.69, 9.17) is 5.73 Å². The first kappa shape index (κ1) is 10.8. The van der Waals surface area contributed by atoms with E-state index in [1.54, 1.807) is 6.20 Å². The standard InChI is InChI=1S/C12H15N3O/c1-8-6-10(9-2-4-14-5-3-9)11(7-13)12(16)15-8/h2,4-6,9H,3,7,13H2,1H3,(H,15,16). The highest BCUT2D eigenvalue weighted by molar-refractivity contribution is 5.62. The van der Waals surface area contributed by atoms with Crippen molar-refractivity contribution < 1.29 is 0 Å². The highest BCUT2D eigenvalue weighted by Crippen LogP contribution is 2.24. The quantitative estimate of drug-likeness (QED) is 0.781. The Morgan fingerprint density at radius 2 is 2.44 bits per heavy atom. The average Bonchev–Trinajstić information content (AvgIpc) is 2.29. The summed E-state index contributed by atoms with van der Waals surface area (Å²) < 4.78 is 0. The van der Waals surface area contributed by atoms with Gasteiger partial charge in [-0.25, -0.2) is 0 Å². The number of allylic oxidation sites excluding steroid dienone is 1. The van der Waals surface area contributed by atoms with Crippen LogP contribution in [0.1, 0.15) is 29.2 Å². The van der Waals surface area contributed by atoms with Gasteiger partial charge in [0.15, 0.2) is 0 Å². The molecule has 1 aromatic rings. The molecule has 1 atom stereocenters. The van der Waals surface area contributed by atoms with Crippen LogP contribution in [0.25, 0.3) is 0 Å². The minimum atomic E-state index is -0.0755. The van der Waals surface area contributed by atoms with Crippen molar-refractivity contribution in [3.63, 3.8) is 0 Å². The van der Waals surface area contributed by atoms with Crippen LogP contribution in [0.15, 0.2) is 28.1 Å². The first-order chi connectivity index (χ1) is 7.72. The van der Waals surface area contributed by atoms with E-state index in [9.17, 15) is 4.79 Å². The van der Waals surface area contributed by atoms with Crippen LogP contribution < -0.4 is 11.3 Å². The zero-order valence-electron chi connectivity index (χ0n) is 9.23. The van der Waals surface area contributed by atoms with Gasteiger partial charge in [0.1, 0.15) is 0 Å². The van der Waals surface area contributed by atoms with E-state index in [0.29, 0.717) is 5.56 Å². The largest absolute Gasteiger partial charge is 0.326 e. The van der Waals surface area contributed by atoms with Gasteiger partial charge in [-0.3, -0.25) is 9.79 Å². The highest BCUT2D eigenvalue weighted by atomic mass is 16.1. The number of aryl methyl sites for hydroxylation is 1. The molecule has 1 aromatic heterocycles. The van der Waals surface area contributed by atoms with Gasteiger partial charge in [0.2, 0.25) is 0 Å². The molecule has 1 aliphatic rings. The fraction of sp³-hybridized carbons (Fsp3) is 0.333. The Bertz CT molecular complexity index is 499.